The molecule has 1 atom stereocenters. The van der Waals surface area contributed by atoms with Gasteiger partial charge >= 0.3 is 5.97 Å². The molecule has 2 rings (SSSR count). The first-order valence-corrected chi connectivity index (χ1v) is 7.78. The lowest BCUT2D eigenvalue weighted by molar-refractivity contribution is -0.147. The molecule has 8 nitrogen and oxygen atoms in total. The summed E-state index contributed by atoms with van der Waals surface area (Å²) in [5.74, 6) is 0.605. The van der Waals surface area contributed by atoms with Crippen LogP contribution in [-0.4, -0.2) is 67.4 Å². The summed E-state index contributed by atoms with van der Waals surface area (Å²) in [4.78, 5) is 39.2. The molecular formula is C16H23N3O5. The summed E-state index contributed by atoms with van der Waals surface area (Å²) >= 11 is 0. The Morgan fingerprint density at radius 1 is 1.46 bits per heavy atom. The first-order chi connectivity index (χ1) is 11.4. The number of furan rings is 1. The fourth-order valence-corrected chi connectivity index (χ4v) is 2.60. The van der Waals surface area contributed by atoms with Crippen molar-refractivity contribution in [3.8, 4) is 0 Å². The van der Waals surface area contributed by atoms with Crippen LogP contribution in [0.25, 0.3) is 0 Å². The van der Waals surface area contributed by atoms with Crippen molar-refractivity contribution in [2.24, 2.45) is 0 Å². The number of hydrogen-bond donors (Lipinski definition) is 1. The Morgan fingerprint density at radius 2 is 2.21 bits per heavy atom. The van der Waals surface area contributed by atoms with Crippen molar-refractivity contribution in [2.45, 2.75) is 25.9 Å². The number of methoxy groups -OCH3 is 1. The van der Waals surface area contributed by atoms with Gasteiger partial charge in [-0.15, -0.1) is 0 Å². The van der Waals surface area contributed by atoms with E-state index in [4.69, 9.17) is 4.42 Å². The van der Waals surface area contributed by atoms with E-state index in [9.17, 15) is 14.4 Å². The molecule has 1 saturated heterocycles. The summed E-state index contributed by atoms with van der Waals surface area (Å²) in [7, 11) is 2.96. The van der Waals surface area contributed by atoms with E-state index >= 15 is 0 Å². The Labute approximate surface area is 140 Å². The minimum absolute atomic E-state index is 0.0608. The highest BCUT2D eigenvalue weighted by Gasteiger charge is 2.33. The van der Waals surface area contributed by atoms with Gasteiger partial charge in [-0.3, -0.25) is 19.3 Å². The third-order valence-electron chi connectivity index (χ3n) is 3.98. The van der Waals surface area contributed by atoms with Crippen LogP contribution in [-0.2, 0) is 25.7 Å². The average Bonchev–Trinajstić information content (AvgIpc) is 2.95. The molecule has 132 valence electrons. The van der Waals surface area contributed by atoms with Crippen molar-refractivity contribution >= 4 is 17.8 Å². The van der Waals surface area contributed by atoms with Gasteiger partial charge in [0.25, 0.3) is 0 Å². The third-order valence-corrected chi connectivity index (χ3v) is 3.98. The molecule has 1 aliphatic heterocycles. The predicted octanol–water partition coefficient (Wildman–Crippen LogP) is -0.0901. The van der Waals surface area contributed by atoms with Gasteiger partial charge in [-0.25, -0.2) is 0 Å². The molecule has 2 heterocycles. The standard InChI is InChI=1S/C16H23N3O5/c1-11-4-5-12(24-11)9-18(2)14(20)10-19-7-6-17-16(22)13(19)8-15(21)23-3/h4-5,13H,6-10H2,1-3H3,(H,17,22)/t13-/m0/s1. The van der Waals surface area contributed by atoms with Gasteiger partial charge in [0.1, 0.15) is 17.6 Å². The number of amides is 2. The highest BCUT2D eigenvalue weighted by atomic mass is 16.5. The van der Waals surface area contributed by atoms with E-state index in [0.717, 1.165) is 5.76 Å². The molecule has 0 aromatic carbocycles. The number of piperazine rings is 1. The van der Waals surface area contributed by atoms with E-state index in [0.29, 0.717) is 25.4 Å². The summed E-state index contributed by atoms with van der Waals surface area (Å²) in [5, 5.41) is 2.71. The van der Waals surface area contributed by atoms with Crippen LogP contribution in [0.15, 0.2) is 16.5 Å². The summed E-state index contributed by atoms with van der Waals surface area (Å²) in [5.41, 5.74) is 0. The Hall–Kier alpha value is -2.35. The molecule has 1 fully saturated rings. The molecule has 0 unspecified atom stereocenters. The quantitative estimate of drug-likeness (QED) is 0.730. The smallest absolute Gasteiger partial charge is 0.307 e. The summed E-state index contributed by atoms with van der Waals surface area (Å²) < 4.78 is 10.1. The molecule has 8 heteroatoms. The first-order valence-electron chi connectivity index (χ1n) is 7.78. The van der Waals surface area contributed by atoms with Crippen molar-refractivity contribution in [3.63, 3.8) is 0 Å². The Kier molecular flexibility index (Phi) is 5.97. The maximum atomic E-state index is 12.4. The molecule has 0 bridgehead atoms. The lowest BCUT2D eigenvalue weighted by Crippen LogP contribution is -2.58. The molecule has 1 N–H and O–H groups in total. The maximum Gasteiger partial charge on any atom is 0.307 e. The molecule has 0 spiro atoms. The number of aryl methyl sites for hydroxylation is 1. The Bertz CT molecular complexity index is 613. The van der Waals surface area contributed by atoms with Crippen LogP contribution in [0, 0.1) is 6.92 Å². The van der Waals surface area contributed by atoms with E-state index in [1.54, 1.807) is 16.8 Å². The van der Waals surface area contributed by atoms with Crippen molar-refractivity contribution in [1.29, 1.82) is 0 Å². The number of hydrogen-bond acceptors (Lipinski definition) is 6. The van der Waals surface area contributed by atoms with Gasteiger partial charge in [0, 0.05) is 20.1 Å². The number of nitrogens with one attached hydrogen (secondary N) is 1. The minimum Gasteiger partial charge on any atom is -0.469 e. The Morgan fingerprint density at radius 3 is 2.83 bits per heavy atom. The topological polar surface area (TPSA) is 92.1 Å². The van der Waals surface area contributed by atoms with E-state index < -0.39 is 12.0 Å². The van der Waals surface area contributed by atoms with Crippen LogP contribution in [0.5, 0.6) is 0 Å². The largest absolute Gasteiger partial charge is 0.469 e. The van der Waals surface area contributed by atoms with E-state index in [1.807, 2.05) is 19.1 Å². The lowest BCUT2D eigenvalue weighted by Gasteiger charge is -2.34. The second kappa shape index (κ2) is 7.96. The molecule has 0 radical (unpaired) electrons. The lowest BCUT2D eigenvalue weighted by atomic mass is 10.1. The van der Waals surface area contributed by atoms with Crippen molar-refractivity contribution in [2.75, 3.05) is 33.8 Å². The zero-order chi connectivity index (χ0) is 17.7. The molecular weight excluding hydrogens is 314 g/mol. The predicted molar refractivity (Wildman–Crippen MR) is 84.9 cm³/mol. The molecule has 1 aromatic heterocycles. The van der Waals surface area contributed by atoms with Crippen LogP contribution in [0.1, 0.15) is 17.9 Å². The fraction of sp³-hybridized carbons (Fsp3) is 0.562. The maximum absolute atomic E-state index is 12.4. The van der Waals surface area contributed by atoms with Gasteiger partial charge in [-0.05, 0) is 19.1 Å². The van der Waals surface area contributed by atoms with E-state index in [2.05, 4.69) is 10.1 Å². The van der Waals surface area contributed by atoms with Crippen LogP contribution in [0.2, 0.25) is 0 Å². The number of esters is 1. The van der Waals surface area contributed by atoms with Crippen molar-refractivity contribution in [3.05, 3.63) is 23.7 Å². The zero-order valence-electron chi connectivity index (χ0n) is 14.2. The molecule has 24 heavy (non-hydrogen) atoms. The molecule has 1 aromatic rings. The van der Waals surface area contributed by atoms with Crippen LogP contribution in [0.3, 0.4) is 0 Å². The fourth-order valence-electron chi connectivity index (χ4n) is 2.60. The number of nitrogens with zero attached hydrogens (tertiary/aromatic N) is 2. The van der Waals surface area contributed by atoms with E-state index in [1.165, 1.54) is 7.11 Å². The second-order valence-corrected chi connectivity index (χ2v) is 5.82. The summed E-state index contributed by atoms with van der Waals surface area (Å²) in [6.07, 6.45) is -0.0727. The van der Waals surface area contributed by atoms with Gasteiger partial charge < -0.3 is 19.4 Å². The number of ether oxygens (including phenoxy) is 1. The summed E-state index contributed by atoms with van der Waals surface area (Å²) in [6.45, 7) is 3.21. The van der Waals surface area contributed by atoms with Crippen molar-refractivity contribution < 1.29 is 23.5 Å². The first kappa shape index (κ1) is 18.0. The second-order valence-electron chi connectivity index (χ2n) is 5.82. The van der Waals surface area contributed by atoms with Gasteiger partial charge in [0.05, 0.1) is 26.6 Å². The molecule has 1 aliphatic rings. The minimum atomic E-state index is -0.686. The molecule has 0 aliphatic carbocycles. The van der Waals surface area contributed by atoms with Gasteiger partial charge in [-0.1, -0.05) is 0 Å². The van der Waals surface area contributed by atoms with Crippen LogP contribution < -0.4 is 5.32 Å². The average molecular weight is 337 g/mol. The number of rotatable bonds is 6. The zero-order valence-corrected chi connectivity index (χ0v) is 14.2. The highest BCUT2D eigenvalue weighted by Crippen LogP contribution is 2.12. The van der Waals surface area contributed by atoms with Crippen molar-refractivity contribution in [1.82, 2.24) is 15.1 Å². The normalized spacial score (nSPS) is 18.1. The Balaban J connectivity index is 1.96. The molecule has 0 saturated carbocycles. The van der Waals surface area contributed by atoms with Gasteiger partial charge in [-0.2, -0.15) is 0 Å². The monoisotopic (exact) mass is 337 g/mol. The number of carbonyl (C=O) groups is 3. The SMILES string of the molecule is COC(=O)C[C@H]1C(=O)NCCN1CC(=O)N(C)Cc1ccc(C)o1. The van der Waals surface area contributed by atoms with Gasteiger partial charge in [0.15, 0.2) is 0 Å². The molecule has 2 amide bonds. The third kappa shape index (κ3) is 4.58. The number of carbonyl (C=O) groups excluding carboxylic acids is 3. The van der Waals surface area contributed by atoms with Gasteiger partial charge in [0.2, 0.25) is 11.8 Å². The highest BCUT2D eigenvalue weighted by molar-refractivity contribution is 5.88. The van der Waals surface area contributed by atoms with Crippen LogP contribution in [0.4, 0.5) is 0 Å². The number of likely N-dealkylation sites (N-methyl/N-ethyl adjacent to an activating group) is 1. The van der Waals surface area contributed by atoms with Crippen LogP contribution >= 0.6 is 0 Å². The van der Waals surface area contributed by atoms with E-state index in [-0.39, 0.29) is 24.8 Å². The summed E-state index contributed by atoms with van der Waals surface area (Å²) in [6, 6.07) is 2.98.